The second-order valence-electron chi connectivity index (χ2n) is 10.1. The molecule has 0 aliphatic carbocycles. The molecule has 1 aliphatic rings. The smallest absolute Gasteiger partial charge is 0.323 e. The van der Waals surface area contributed by atoms with Crippen molar-refractivity contribution >= 4 is 43.8 Å². The Bertz CT molecular complexity index is 1760. The Labute approximate surface area is 245 Å². The summed E-state index contributed by atoms with van der Waals surface area (Å²) in [5.74, 6) is -3.93. The van der Waals surface area contributed by atoms with Crippen molar-refractivity contribution in [3.05, 3.63) is 82.9 Å². The van der Waals surface area contributed by atoms with E-state index in [4.69, 9.17) is 26.1 Å². The Morgan fingerprint density at radius 1 is 1.17 bits per heavy atom. The van der Waals surface area contributed by atoms with E-state index in [0.29, 0.717) is 35.4 Å². The Morgan fingerprint density at radius 2 is 1.90 bits per heavy atom. The minimum atomic E-state index is -4.46. The van der Waals surface area contributed by atoms with E-state index >= 15 is 4.39 Å². The van der Waals surface area contributed by atoms with Crippen molar-refractivity contribution in [1.82, 2.24) is 15.3 Å². The summed E-state index contributed by atoms with van der Waals surface area (Å²) >= 11 is 5.94. The lowest BCUT2D eigenvalue weighted by molar-refractivity contribution is -0.00545. The molecule has 220 valence electrons. The van der Waals surface area contributed by atoms with Crippen molar-refractivity contribution in [3.8, 4) is 11.3 Å². The first kappa shape index (κ1) is 29.7. The lowest BCUT2D eigenvalue weighted by Gasteiger charge is -2.36. The first-order valence-corrected chi connectivity index (χ1v) is 15.0. The minimum Gasteiger partial charge on any atom is -0.372 e. The molecule has 8 nitrogen and oxygen atoms in total. The normalized spacial score (nSPS) is 18.7. The molecule has 3 heterocycles. The molecule has 1 saturated heterocycles. The quantitative estimate of drug-likeness (QED) is 0.253. The zero-order chi connectivity index (χ0) is 30.2. The van der Waals surface area contributed by atoms with Crippen molar-refractivity contribution in [2.45, 2.75) is 43.3 Å². The second kappa shape index (κ2) is 11.9. The first-order valence-electron chi connectivity index (χ1n) is 13.0. The van der Waals surface area contributed by atoms with Crippen LogP contribution >= 0.6 is 11.6 Å². The molecule has 0 radical (unpaired) electrons. The average Bonchev–Trinajstić information content (AvgIpc) is 2.95. The number of carbonyl (C=O) groups is 1. The van der Waals surface area contributed by atoms with Crippen LogP contribution in [0.1, 0.15) is 29.9 Å². The number of fused-ring (bicyclic) bond motifs is 1. The zero-order valence-corrected chi connectivity index (χ0v) is 24.2. The van der Waals surface area contributed by atoms with Crippen LogP contribution in [-0.4, -0.2) is 51.1 Å². The van der Waals surface area contributed by atoms with Crippen LogP contribution in [0, 0.1) is 10.6 Å². The molecule has 2 aromatic carbocycles. The van der Waals surface area contributed by atoms with Gasteiger partial charge in [-0.25, -0.2) is 18.4 Å². The van der Waals surface area contributed by atoms with E-state index < -0.39 is 32.1 Å². The Morgan fingerprint density at radius 3 is 2.62 bits per heavy atom. The fourth-order valence-corrected chi connectivity index (χ4v) is 5.99. The van der Waals surface area contributed by atoms with E-state index in [0.717, 1.165) is 18.0 Å². The number of amides is 1. The van der Waals surface area contributed by atoms with E-state index in [1.54, 1.807) is 18.2 Å². The number of nitrogens with one attached hydrogen (secondary N) is 2. The summed E-state index contributed by atoms with van der Waals surface area (Å²) in [5.41, 5.74) is 0.965. The molecule has 42 heavy (non-hydrogen) atoms. The van der Waals surface area contributed by atoms with E-state index in [-0.39, 0.29) is 34.7 Å². The Balaban J connectivity index is 1.38. The van der Waals surface area contributed by atoms with E-state index in [1.807, 2.05) is 26.0 Å². The summed E-state index contributed by atoms with van der Waals surface area (Å²) in [6.07, 6.45) is 1.57. The molecule has 0 saturated carbocycles. The van der Waals surface area contributed by atoms with Crippen LogP contribution in [0.3, 0.4) is 0 Å². The summed E-state index contributed by atoms with van der Waals surface area (Å²) in [6, 6.07) is 13.5. The van der Waals surface area contributed by atoms with Gasteiger partial charge in [-0.2, -0.15) is 8.78 Å². The van der Waals surface area contributed by atoms with Gasteiger partial charge >= 0.3 is 5.76 Å². The number of halogens is 4. The molecule has 0 spiro atoms. The molecular weight excluding hydrogens is 591 g/mol. The third-order valence-electron chi connectivity index (χ3n) is 6.81. The number of anilines is 1. The number of ether oxygens (including phenoxy) is 1. The van der Waals surface area contributed by atoms with Crippen LogP contribution in [-0.2, 0) is 21.0 Å². The van der Waals surface area contributed by atoms with E-state index in [1.165, 1.54) is 18.3 Å². The Hall–Kier alpha value is -3.74. The van der Waals surface area contributed by atoms with E-state index in [9.17, 15) is 17.8 Å². The van der Waals surface area contributed by atoms with Gasteiger partial charge in [0, 0.05) is 46.2 Å². The van der Waals surface area contributed by atoms with Crippen LogP contribution in [0.5, 0.6) is 0 Å². The number of alkyl halides is 2. The third kappa shape index (κ3) is 6.20. The number of carbonyl (C=O) groups excluding carboxylic acids is 1. The van der Waals surface area contributed by atoms with Crippen molar-refractivity contribution in [2.24, 2.45) is 0 Å². The molecule has 13 heteroatoms. The van der Waals surface area contributed by atoms with Gasteiger partial charge in [-0.05, 0) is 56.3 Å². The van der Waals surface area contributed by atoms with Crippen LogP contribution in [0.4, 0.5) is 19.0 Å². The van der Waals surface area contributed by atoms with Gasteiger partial charge < -0.3 is 15.0 Å². The highest BCUT2D eigenvalue weighted by Crippen LogP contribution is 2.30. The SMILES string of the molecule is C[C@@H]1CN(c2cccc(-c3ccc4cnc(CNC(=O)c5cc(Cl)cc([S@](=N)(=O)C(F)F)c5)cc4c3F)n2)C[C@H](C)O1. The molecule has 4 aromatic rings. The van der Waals surface area contributed by atoms with Crippen LogP contribution in [0.15, 0.2) is 65.7 Å². The van der Waals surface area contributed by atoms with E-state index in [2.05, 4.69) is 15.2 Å². The Kier molecular flexibility index (Phi) is 8.40. The zero-order valence-electron chi connectivity index (χ0n) is 22.6. The summed E-state index contributed by atoms with van der Waals surface area (Å²) in [7, 11) is -4.46. The number of aromatic nitrogens is 2. The fourth-order valence-electron chi connectivity index (χ4n) is 4.88. The third-order valence-corrected chi connectivity index (χ3v) is 8.47. The number of hydrogen-bond acceptors (Lipinski definition) is 7. The largest absolute Gasteiger partial charge is 0.372 e. The molecule has 0 unspecified atom stereocenters. The van der Waals surface area contributed by atoms with Crippen LogP contribution < -0.4 is 10.2 Å². The summed E-state index contributed by atoms with van der Waals surface area (Å²) in [6.45, 7) is 5.23. The van der Waals surface area contributed by atoms with Crippen LogP contribution in [0.2, 0.25) is 5.02 Å². The van der Waals surface area contributed by atoms with Crippen molar-refractivity contribution < 1.29 is 26.9 Å². The molecule has 2 aromatic heterocycles. The van der Waals surface area contributed by atoms with Gasteiger partial charge in [0.2, 0.25) is 0 Å². The highest BCUT2D eigenvalue weighted by Gasteiger charge is 2.25. The number of rotatable bonds is 7. The standard InChI is InChI=1S/C29H27ClF3N5O3S/c1-16-14-38(15-17(2)41-16)26-5-3-4-25(37-26)23-7-6-18-12-35-21(11-24(18)27(23)31)13-36-28(39)19-8-20(30)10-22(9-19)42(34,40)29(32)33/h3-12,16-17,29,34H,13-15H2,1-2H3,(H,36,39)/t16-,17+,42-/m0/s1. The maximum Gasteiger partial charge on any atom is 0.323 e. The molecule has 1 amide bonds. The van der Waals surface area contributed by atoms with Gasteiger partial charge in [-0.1, -0.05) is 23.7 Å². The number of hydrogen-bond donors (Lipinski definition) is 2. The van der Waals surface area contributed by atoms with Crippen molar-refractivity contribution in [1.29, 1.82) is 4.78 Å². The van der Waals surface area contributed by atoms with Crippen molar-refractivity contribution in [3.63, 3.8) is 0 Å². The predicted molar refractivity (Wildman–Crippen MR) is 155 cm³/mol. The number of nitrogens with zero attached hydrogens (tertiary/aromatic N) is 3. The maximum absolute atomic E-state index is 15.9. The molecule has 0 bridgehead atoms. The number of morpholine rings is 1. The number of benzene rings is 2. The maximum atomic E-state index is 15.9. The summed E-state index contributed by atoms with van der Waals surface area (Å²) in [4.78, 5) is 23.3. The van der Waals surface area contributed by atoms with Crippen molar-refractivity contribution in [2.75, 3.05) is 18.0 Å². The van der Waals surface area contributed by atoms with Gasteiger partial charge in [0.1, 0.15) is 21.4 Å². The van der Waals surface area contributed by atoms with Gasteiger partial charge in [-0.3, -0.25) is 9.78 Å². The highest BCUT2D eigenvalue weighted by atomic mass is 35.5. The molecule has 3 atom stereocenters. The molecular formula is C29H27ClF3N5O3S. The summed E-state index contributed by atoms with van der Waals surface area (Å²) in [5, 5.41) is 3.29. The average molecular weight is 618 g/mol. The highest BCUT2D eigenvalue weighted by molar-refractivity contribution is 7.92. The lowest BCUT2D eigenvalue weighted by Crippen LogP contribution is -2.45. The predicted octanol–water partition coefficient (Wildman–Crippen LogP) is 6.26. The lowest BCUT2D eigenvalue weighted by atomic mass is 10.0. The number of pyridine rings is 2. The molecule has 5 rings (SSSR count). The minimum absolute atomic E-state index is 0.0422. The monoisotopic (exact) mass is 617 g/mol. The fraction of sp³-hybridized carbons (Fsp3) is 0.276. The van der Waals surface area contributed by atoms with Gasteiger partial charge in [-0.15, -0.1) is 0 Å². The molecule has 1 aliphatic heterocycles. The van der Waals surface area contributed by atoms with Gasteiger partial charge in [0.05, 0.1) is 35.0 Å². The topological polar surface area (TPSA) is 108 Å². The van der Waals surface area contributed by atoms with Gasteiger partial charge in [0.25, 0.3) is 5.91 Å². The van der Waals surface area contributed by atoms with Crippen LogP contribution in [0.25, 0.3) is 22.0 Å². The second-order valence-corrected chi connectivity index (χ2v) is 12.6. The van der Waals surface area contributed by atoms with Gasteiger partial charge in [0.15, 0.2) is 0 Å². The molecule has 1 fully saturated rings. The first-order chi connectivity index (χ1) is 19.9. The summed E-state index contributed by atoms with van der Waals surface area (Å²) < 4.78 is 67.4. The molecule has 2 N–H and O–H groups in total.